The first kappa shape index (κ1) is 26.7. The molecule has 6 nitrogen and oxygen atoms in total. The fourth-order valence-corrected chi connectivity index (χ4v) is 6.66. The number of halogens is 3. The van der Waals surface area contributed by atoms with Gasteiger partial charge >= 0.3 is 0 Å². The predicted molar refractivity (Wildman–Crippen MR) is 137 cm³/mol. The van der Waals surface area contributed by atoms with Gasteiger partial charge in [-0.3, -0.25) is 9.59 Å². The van der Waals surface area contributed by atoms with Crippen molar-refractivity contribution in [2.75, 3.05) is 5.32 Å². The molecule has 9 heteroatoms. The Morgan fingerprint density at radius 3 is 2.50 bits per heavy atom. The maximum atomic E-state index is 15.5. The summed E-state index contributed by atoms with van der Waals surface area (Å²) in [6.07, 6.45) is 2.34. The summed E-state index contributed by atoms with van der Waals surface area (Å²) in [7, 11) is 0. The van der Waals surface area contributed by atoms with Crippen molar-refractivity contribution in [3.05, 3.63) is 65.0 Å². The van der Waals surface area contributed by atoms with Crippen LogP contribution >= 0.6 is 0 Å². The molecule has 5 rings (SSSR count). The van der Waals surface area contributed by atoms with Gasteiger partial charge in [-0.2, -0.15) is 0 Å². The Labute approximate surface area is 220 Å². The van der Waals surface area contributed by atoms with E-state index in [-0.39, 0.29) is 22.7 Å². The van der Waals surface area contributed by atoms with Gasteiger partial charge in [0.15, 0.2) is 11.6 Å². The van der Waals surface area contributed by atoms with Gasteiger partial charge in [-0.05, 0) is 66.8 Å². The Morgan fingerprint density at radius 2 is 1.82 bits per heavy atom. The van der Waals surface area contributed by atoms with Crippen LogP contribution in [0.2, 0.25) is 0 Å². The number of anilines is 1. The molecule has 2 aliphatic heterocycles. The van der Waals surface area contributed by atoms with Crippen molar-refractivity contribution in [1.29, 1.82) is 0 Å². The van der Waals surface area contributed by atoms with E-state index in [4.69, 9.17) is 0 Å². The topological polar surface area (TPSA) is 90.5 Å². The second-order valence-corrected chi connectivity index (χ2v) is 12.1. The van der Waals surface area contributed by atoms with Crippen molar-refractivity contribution in [3.63, 3.8) is 0 Å². The number of hydrogen-bond donors (Lipinski definition) is 4. The summed E-state index contributed by atoms with van der Waals surface area (Å²) in [5.41, 5.74) is -1.16. The molecular weight excluding hydrogens is 495 g/mol. The zero-order valence-electron chi connectivity index (χ0n) is 21.8. The van der Waals surface area contributed by atoms with Gasteiger partial charge in [0.1, 0.15) is 11.2 Å². The standard InChI is InChI=1S/C29H34F3N3O3/c1-28(2,3)14-22-29(19-12-7-15(30)13-21(19)34-27(29)38)23(18-5-4-6-20(31)24(18)32)25(35-22)26(37)33-16-8-10-17(36)11-9-16/h4-7,12-13,16-17,22-23,25,35-36H,8-11,14H2,1-3H3,(H,33,37)(H,34,38)/t16?,17?,22-,23-,25+,29+/m0/s1. The zero-order valence-corrected chi connectivity index (χ0v) is 21.8. The third kappa shape index (κ3) is 4.49. The number of carbonyl (C=O) groups excluding carboxylic acids is 2. The fraction of sp³-hybridized carbons (Fsp3) is 0.517. The van der Waals surface area contributed by atoms with Gasteiger partial charge in [0.05, 0.1) is 12.1 Å². The molecule has 1 saturated carbocycles. The van der Waals surface area contributed by atoms with Crippen LogP contribution in [0.25, 0.3) is 0 Å². The molecule has 0 bridgehead atoms. The number of rotatable bonds is 4. The van der Waals surface area contributed by atoms with E-state index in [1.807, 2.05) is 20.8 Å². The summed E-state index contributed by atoms with van der Waals surface area (Å²) >= 11 is 0. The highest BCUT2D eigenvalue weighted by molar-refractivity contribution is 6.09. The second-order valence-electron chi connectivity index (χ2n) is 12.1. The van der Waals surface area contributed by atoms with Crippen LogP contribution in [0, 0.1) is 22.9 Å². The Bertz CT molecular complexity index is 1260. The van der Waals surface area contributed by atoms with Gasteiger partial charge in [0.25, 0.3) is 0 Å². The van der Waals surface area contributed by atoms with Crippen molar-refractivity contribution in [3.8, 4) is 0 Å². The van der Waals surface area contributed by atoms with Gasteiger partial charge in [0.2, 0.25) is 11.8 Å². The van der Waals surface area contributed by atoms with E-state index >= 15 is 4.39 Å². The number of hydrogen-bond acceptors (Lipinski definition) is 4. The van der Waals surface area contributed by atoms with E-state index in [1.54, 1.807) is 0 Å². The molecule has 0 unspecified atom stereocenters. The van der Waals surface area contributed by atoms with Crippen LogP contribution in [0.5, 0.6) is 0 Å². The van der Waals surface area contributed by atoms with Gasteiger partial charge in [-0.15, -0.1) is 0 Å². The number of aliphatic hydroxyl groups excluding tert-OH is 1. The van der Waals surface area contributed by atoms with Crippen molar-refractivity contribution in [1.82, 2.24) is 10.6 Å². The molecule has 2 heterocycles. The van der Waals surface area contributed by atoms with Crippen LogP contribution in [0.3, 0.4) is 0 Å². The zero-order chi connectivity index (χ0) is 27.4. The number of nitrogens with one attached hydrogen (secondary N) is 3. The normalized spacial score (nSPS) is 30.8. The molecule has 2 fully saturated rings. The summed E-state index contributed by atoms with van der Waals surface area (Å²) in [4.78, 5) is 27.8. The van der Waals surface area contributed by atoms with Crippen molar-refractivity contribution in [2.24, 2.45) is 5.41 Å². The van der Waals surface area contributed by atoms with Crippen molar-refractivity contribution < 1.29 is 27.9 Å². The molecule has 4 atom stereocenters. The molecule has 2 amide bonds. The Balaban J connectivity index is 1.67. The Kier molecular flexibility index (Phi) is 6.80. The summed E-state index contributed by atoms with van der Waals surface area (Å²) in [5, 5.41) is 19.0. The SMILES string of the molecule is CC(C)(C)C[C@@H]1N[C@@H](C(=O)NC2CCC(O)CC2)[C@H](c2cccc(F)c2F)[C@]12C(=O)Nc1cc(F)ccc12. The van der Waals surface area contributed by atoms with Gasteiger partial charge < -0.3 is 21.1 Å². The molecule has 3 aliphatic rings. The minimum Gasteiger partial charge on any atom is -0.393 e. The predicted octanol–water partition coefficient (Wildman–Crippen LogP) is 4.27. The minimum absolute atomic E-state index is 0.0829. The second kappa shape index (κ2) is 9.68. The molecular formula is C29H34F3N3O3. The summed E-state index contributed by atoms with van der Waals surface area (Å²) in [5.74, 6) is -4.73. The van der Waals surface area contributed by atoms with Crippen LogP contribution in [-0.2, 0) is 15.0 Å². The number of aliphatic hydroxyl groups is 1. The number of fused-ring (bicyclic) bond motifs is 2. The van der Waals surface area contributed by atoms with Crippen molar-refractivity contribution >= 4 is 17.5 Å². The smallest absolute Gasteiger partial charge is 0.238 e. The highest BCUT2D eigenvalue weighted by Gasteiger charge is 2.66. The van der Waals surface area contributed by atoms with Crippen LogP contribution in [-0.4, -0.2) is 41.2 Å². The van der Waals surface area contributed by atoms with Crippen LogP contribution < -0.4 is 16.0 Å². The monoisotopic (exact) mass is 529 g/mol. The highest BCUT2D eigenvalue weighted by atomic mass is 19.2. The third-order valence-corrected chi connectivity index (χ3v) is 8.26. The van der Waals surface area contributed by atoms with E-state index in [0.29, 0.717) is 37.7 Å². The first-order valence-corrected chi connectivity index (χ1v) is 13.2. The van der Waals surface area contributed by atoms with Crippen LogP contribution in [0.15, 0.2) is 36.4 Å². The first-order chi connectivity index (χ1) is 17.9. The maximum Gasteiger partial charge on any atom is 0.238 e. The van der Waals surface area contributed by atoms with Crippen LogP contribution in [0.4, 0.5) is 18.9 Å². The lowest BCUT2D eigenvalue weighted by molar-refractivity contribution is -0.124. The minimum atomic E-state index is -1.49. The van der Waals surface area contributed by atoms with E-state index < -0.39 is 58.8 Å². The lowest BCUT2D eigenvalue weighted by atomic mass is 9.62. The average Bonchev–Trinajstić information content (AvgIpc) is 3.31. The molecule has 1 spiro atoms. The number of carbonyl (C=O) groups is 2. The fourth-order valence-electron chi connectivity index (χ4n) is 6.66. The van der Waals surface area contributed by atoms with Gasteiger partial charge in [-0.25, -0.2) is 13.2 Å². The molecule has 1 saturated heterocycles. The molecule has 204 valence electrons. The number of amides is 2. The first-order valence-electron chi connectivity index (χ1n) is 13.2. The molecule has 4 N–H and O–H groups in total. The quantitative estimate of drug-likeness (QED) is 0.476. The summed E-state index contributed by atoms with van der Waals surface area (Å²) in [6, 6.07) is 5.88. The molecule has 0 radical (unpaired) electrons. The molecule has 2 aromatic rings. The largest absolute Gasteiger partial charge is 0.393 e. The molecule has 0 aromatic heterocycles. The average molecular weight is 530 g/mol. The lowest BCUT2D eigenvalue weighted by Gasteiger charge is -2.37. The van der Waals surface area contributed by atoms with E-state index in [1.165, 1.54) is 30.3 Å². The van der Waals surface area contributed by atoms with Gasteiger partial charge in [0, 0.05) is 23.7 Å². The maximum absolute atomic E-state index is 15.5. The van der Waals surface area contributed by atoms with Crippen LogP contribution in [0.1, 0.15) is 69.9 Å². The molecule has 1 aliphatic carbocycles. The Hall–Kier alpha value is -2.91. The molecule has 38 heavy (non-hydrogen) atoms. The number of benzene rings is 2. The van der Waals surface area contributed by atoms with Crippen molar-refractivity contribution in [2.45, 2.75) is 88.4 Å². The van der Waals surface area contributed by atoms with E-state index in [2.05, 4.69) is 16.0 Å². The lowest BCUT2D eigenvalue weighted by Crippen LogP contribution is -2.50. The van der Waals surface area contributed by atoms with E-state index in [0.717, 1.165) is 6.07 Å². The van der Waals surface area contributed by atoms with E-state index in [9.17, 15) is 23.5 Å². The van der Waals surface area contributed by atoms with Gasteiger partial charge in [-0.1, -0.05) is 39.0 Å². The Morgan fingerprint density at radius 1 is 1.11 bits per heavy atom. The summed E-state index contributed by atoms with van der Waals surface area (Å²) in [6.45, 7) is 6.00. The summed E-state index contributed by atoms with van der Waals surface area (Å²) < 4.78 is 44.3. The highest BCUT2D eigenvalue weighted by Crippen LogP contribution is 2.56. The third-order valence-electron chi connectivity index (χ3n) is 8.26. The molecule has 2 aromatic carbocycles.